The topological polar surface area (TPSA) is 75.1 Å². The Morgan fingerprint density at radius 3 is 2.71 bits per heavy atom. The third-order valence-electron chi connectivity index (χ3n) is 7.37. The van der Waals surface area contributed by atoms with Crippen LogP contribution in [-0.4, -0.2) is 57.8 Å². The number of hydrogen-bond acceptors (Lipinski definition) is 5. The Morgan fingerprint density at radius 1 is 1.19 bits per heavy atom. The van der Waals surface area contributed by atoms with E-state index in [4.69, 9.17) is 0 Å². The molecule has 0 aromatic carbocycles. The number of hydrogen-bond donors (Lipinski definition) is 2. The van der Waals surface area contributed by atoms with Crippen molar-refractivity contribution >= 4 is 22.6 Å². The van der Waals surface area contributed by atoms with Crippen LogP contribution in [0.1, 0.15) is 75.6 Å². The molecular formula is C24H38N6O. The molecule has 1 aliphatic carbocycles. The molecule has 3 heterocycles. The number of rotatable bonds is 8. The van der Waals surface area contributed by atoms with Gasteiger partial charge in [-0.15, -0.1) is 0 Å². The third-order valence-corrected chi connectivity index (χ3v) is 7.37. The van der Waals surface area contributed by atoms with Crippen LogP contribution in [0.5, 0.6) is 0 Å². The van der Waals surface area contributed by atoms with Gasteiger partial charge in [0.2, 0.25) is 0 Å². The number of anilines is 1. The van der Waals surface area contributed by atoms with Gasteiger partial charge in [0.1, 0.15) is 0 Å². The van der Waals surface area contributed by atoms with Gasteiger partial charge in [-0.3, -0.25) is 4.79 Å². The summed E-state index contributed by atoms with van der Waals surface area (Å²) >= 11 is 0. The molecule has 2 aromatic heterocycles. The number of pyridine rings is 1. The number of fused-ring (bicyclic) bond motifs is 1. The lowest BCUT2D eigenvalue weighted by Gasteiger charge is -2.29. The number of amides is 1. The average molecular weight is 427 g/mol. The second kappa shape index (κ2) is 9.98. The second-order valence-corrected chi connectivity index (χ2v) is 9.40. The van der Waals surface area contributed by atoms with Gasteiger partial charge in [0.05, 0.1) is 22.8 Å². The number of nitrogens with one attached hydrogen (secondary N) is 2. The highest BCUT2D eigenvalue weighted by Gasteiger charge is 2.25. The largest absolute Gasteiger partial charge is 0.381 e. The van der Waals surface area contributed by atoms with E-state index in [9.17, 15) is 4.79 Å². The Labute approximate surface area is 186 Å². The van der Waals surface area contributed by atoms with Gasteiger partial charge in [0.25, 0.3) is 5.91 Å². The van der Waals surface area contributed by atoms with E-state index < -0.39 is 0 Å². The molecule has 1 saturated heterocycles. The summed E-state index contributed by atoms with van der Waals surface area (Å²) in [5, 5.41) is 12.3. The van der Waals surface area contributed by atoms with Crippen LogP contribution in [0, 0.1) is 5.92 Å². The number of carbonyl (C=O) groups is 1. The lowest BCUT2D eigenvalue weighted by atomic mass is 9.84. The maximum absolute atomic E-state index is 13.2. The maximum atomic E-state index is 13.2. The SMILES string of the molecule is CCn1ncc2c(N[C@H](C)C3CCCCC3)c(C(=O)NCCC3CCCN3C)cnc21. The molecule has 2 aliphatic rings. The summed E-state index contributed by atoms with van der Waals surface area (Å²) in [7, 11) is 2.18. The molecule has 170 valence electrons. The number of carbonyl (C=O) groups excluding carboxylic acids is 1. The van der Waals surface area contributed by atoms with Crippen LogP contribution >= 0.6 is 0 Å². The molecular weight excluding hydrogens is 388 g/mol. The Balaban J connectivity index is 1.53. The first-order valence-corrected chi connectivity index (χ1v) is 12.2. The monoisotopic (exact) mass is 426 g/mol. The molecule has 1 unspecified atom stereocenters. The smallest absolute Gasteiger partial charge is 0.254 e. The molecule has 2 atom stereocenters. The van der Waals surface area contributed by atoms with Gasteiger partial charge >= 0.3 is 0 Å². The van der Waals surface area contributed by atoms with Crippen LogP contribution in [0.3, 0.4) is 0 Å². The van der Waals surface area contributed by atoms with Gasteiger partial charge in [-0.1, -0.05) is 19.3 Å². The van der Waals surface area contributed by atoms with E-state index in [1.807, 2.05) is 10.9 Å². The van der Waals surface area contributed by atoms with E-state index in [0.29, 0.717) is 30.1 Å². The normalized spacial score (nSPS) is 21.5. The Morgan fingerprint density at radius 2 is 2.00 bits per heavy atom. The molecule has 1 aliphatic heterocycles. The van der Waals surface area contributed by atoms with Gasteiger partial charge in [-0.05, 0) is 65.5 Å². The van der Waals surface area contributed by atoms with Gasteiger partial charge in [0, 0.05) is 31.4 Å². The number of nitrogens with zero attached hydrogens (tertiary/aromatic N) is 4. The van der Waals surface area contributed by atoms with E-state index in [2.05, 4.69) is 46.5 Å². The quantitative estimate of drug-likeness (QED) is 0.666. The van der Waals surface area contributed by atoms with Gasteiger partial charge in [-0.25, -0.2) is 9.67 Å². The second-order valence-electron chi connectivity index (χ2n) is 9.40. The molecule has 2 N–H and O–H groups in total. The average Bonchev–Trinajstić information content (AvgIpc) is 3.40. The van der Waals surface area contributed by atoms with Crippen molar-refractivity contribution in [2.45, 2.75) is 83.8 Å². The van der Waals surface area contributed by atoms with E-state index in [-0.39, 0.29) is 5.91 Å². The predicted molar refractivity (Wildman–Crippen MR) is 125 cm³/mol. The zero-order chi connectivity index (χ0) is 21.8. The van der Waals surface area contributed by atoms with Crippen LogP contribution in [0.4, 0.5) is 5.69 Å². The molecule has 0 spiro atoms. The van der Waals surface area contributed by atoms with Crippen molar-refractivity contribution in [1.82, 2.24) is 25.0 Å². The standard InChI is InChI=1S/C24H38N6O/c1-4-30-23-20(16-27-30)22(28-17(2)18-9-6-5-7-10-18)21(15-26-23)24(31)25-13-12-19-11-8-14-29(19)3/h15-19H,4-14H2,1-3H3,(H,25,31)(H,26,28)/t17-,19?/m1/s1. The summed E-state index contributed by atoms with van der Waals surface area (Å²) in [4.78, 5) is 20.2. The van der Waals surface area contributed by atoms with Crippen molar-refractivity contribution in [2.24, 2.45) is 5.92 Å². The Bertz CT molecular complexity index is 888. The summed E-state index contributed by atoms with van der Waals surface area (Å²) in [5.41, 5.74) is 2.36. The van der Waals surface area contributed by atoms with Crippen molar-refractivity contribution in [3.05, 3.63) is 18.0 Å². The molecule has 1 amide bonds. The van der Waals surface area contributed by atoms with Crippen molar-refractivity contribution in [1.29, 1.82) is 0 Å². The summed E-state index contributed by atoms with van der Waals surface area (Å²) in [5.74, 6) is 0.602. The van der Waals surface area contributed by atoms with Crippen LogP contribution in [0.2, 0.25) is 0 Å². The highest BCUT2D eigenvalue weighted by Crippen LogP contribution is 2.32. The molecule has 1 saturated carbocycles. The Hall–Kier alpha value is -2.15. The minimum absolute atomic E-state index is 0.0438. The number of likely N-dealkylation sites (tertiary alicyclic amines) is 1. The highest BCUT2D eigenvalue weighted by atomic mass is 16.1. The van der Waals surface area contributed by atoms with Crippen molar-refractivity contribution in [3.63, 3.8) is 0 Å². The van der Waals surface area contributed by atoms with Crippen molar-refractivity contribution < 1.29 is 4.79 Å². The first kappa shape index (κ1) is 22.1. The molecule has 7 heteroatoms. The predicted octanol–water partition coefficient (Wildman–Crippen LogP) is 4.05. The molecule has 0 bridgehead atoms. The minimum atomic E-state index is -0.0438. The van der Waals surface area contributed by atoms with E-state index in [1.54, 1.807) is 6.20 Å². The van der Waals surface area contributed by atoms with Gasteiger partial charge < -0.3 is 15.5 Å². The third kappa shape index (κ3) is 4.86. The zero-order valence-corrected chi connectivity index (χ0v) is 19.4. The first-order valence-electron chi connectivity index (χ1n) is 12.2. The van der Waals surface area contributed by atoms with Gasteiger partial charge in [0.15, 0.2) is 5.65 Å². The molecule has 31 heavy (non-hydrogen) atoms. The maximum Gasteiger partial charge on any atom is 0.254 e. The fraction of sp³-hybridized carbons (Fsp3) is 0.708. The van der Waals surface area contributed by atoms with E-state index >= 15 is 0 Å². The fourth-order valence-electron chi connectivity index (χ4n) is 5.36. The van der Waals surface area contributed by atoms with Crippen LogP contribution in [0.15, 0.2) is 12.4 Å². The van der Waals surface area contributed by atoms with Crippen molar-refractivity contribution in [2.75, 3.05) is 25.5 Å². The summed E-state index contributed by atoms with van der Waals surface area (Å²) in [6.07, 6.45) is 13.5. The summed E-state index contributed by atoms with van der Waals surface area (Å²) < 4.78 is 1.89. The van der Waals surface area contributed by atoms with Crippen molar-refractivity contribution in [3.8, 4) is 0 Å². The van der Waals surface area contributed by atoms with Crippen LogP contribution in [0.25, 0.3) is 11.0 Å². The zero-order valence-electron chi connectivity index (χ0n) is 19.4. The lowest BCUT2D eigenvalue weighted by molar-refractivity contribution is 0.0951. The summed E-state index contributed by atoms with van der Waals surface area (Å²) in [6, 6.07) is 0.891. The molecule has 2 fully saturated rings. The number of aromatic nitrogens is 3. The molecule has 2 aromatic rings. The fourth-order valence-corrected chi connectivity index (χ4v) is 5.36. The Kier molecular flexibility index (Phi) is 7.10. The first-order chi connectivity index (χ1) is 15.1. The highest BCUT2D eigenvalue weighted by molar-refractivity contribution is 6.06. The summed E-state index contributed by atoms with van der Waals surface area (Å²) in [6.45, 7) is 6.93. The van der Waals surface area contributed by atoms with Crippen LogP contribution < -0.4 is 10.6 Å². The molecule has 0 radical (unpaired) electrons. The van der Waals surface area contributed by atoms with Crippen LogP contribution in [-0.2, 0) is 6.54 Å². The minimum Gasteiger partial charge on any atom is -0.381 e. The van der Waals surface area contributed by atoms with E-state index in [0.717, 1.165) is 36.2 Å². The molecule has 7 nitrogen and oxygen atoms in total. The van der Waals surface area contributed by atoms with E-state index in [1.165, 1.54) is 44.9 Å². The lowest BCUT2D eigenvalue weighted by Crippen LogP contribution is -2.33. The number of aryl methyl sites for hydroxylation is 1. The molecule has 4 rings (SSSR count). The van der Waals surface area contributed by atoms with Gasteiger partial charge in [-0.2, -0.15) is 5.10 Å².